The van der Waals surface area contributed by atoms with E-state index in [1.807, 2.05) is 30.3 Å². The van der Waals surface area contributed by atoms with Gasteiger partial charge >= 0.3 is 5.97 Å². The van der Waals surface area contributed by atoms with Crippen LogP contribution in [0.15, 0.2) is 48.5 Å². The first-order chi connectivity index (χ1) is 11.2. The fourth-order valence-electron chi connectivity index (χ4n) is 2.54. The number of carboxylic acid groups (broad SMARTS) is 1. The largest absolute Gasteiger partial charge is 0.490 e. The molecular formula is C19H21NO3. The number of para-hydroxylation sites is 1. The molecule has 2 aromatic rings. The molecule has 0 aromatic heterocycles. The normalized spacial score (nSPS) is 14.3. The lowest BCUT2D eigenvalue weighted by Crippen LogP contribution is -2.25. The van der Waals surface area contributed by atoms with E-state index in [1.165, 1.54) is 6.42 Å². The predicted octanol–water partition coefficient (Wildman–Crippen LogP) is 3.61. The van der Waals surface area contributed by atoms with Crippen molar-refractivity contribution in [1.82, 2.24) is 5.32 Å². The third-order valence-corrected chi connectivity index (χ3v) is 4.16. The molecule has 2 aromatic carbocycles. The number of hydrogen-bond donors (Lipinski definition) is 2. The first-order valence-electron chi connectivity index (χ1n) is 8.00. The van der Waals surface area contributed by atoms with Crippen LogP contribution in [-0.2, 0) is 13.1 Å². The number of nitrogens with one attached hydrogen (secondary N) is 1. The zero-order valence-electron chi connectivity index (χ0n) is 13.0. The number of ether oxygens (including phenoxy) is 1. The van der Waals surface area contributed by atoms with Crippen LogP contribution in [0.5, 0.6) is 5.75 Å². The summed E-state index contributed by atoms with van der Waals surface area (Å²) in [4.78, 5) is 10.8. The number of rotatable bonds is 7. The van der Waals surface area contributed by atoms with Gasteiger partial charge in [-0.3, -0.25) is 0 Å². The van der Waals surface area contributed by atoms with Gasteiger partial charge in [-0.2, -0.15) is 0 Å². The van der Waals surface area contributed by atoms with Crippen molar-refractivity contribution in [1.29, 1.82) is 0 Å². The van der Waals surface area contributed by atoms with Crippen LogP contribution in [0.4, 0.5) is 0 Å². The van der Waals surface area contributed by atoms with Crippen LogP contribution in [0.25, 0.3) is 0 Å². The van der Waals surface area contributed by atoms with Crippen molar-refractivity contribution >= 4 is 5.97 Å². The fraction of sp³-hybridized carbons (Fsp3) is 0.316. The van der Waals surface area contributed by atoms with E-state index in [1.54, 1.807) is 12.1 Å². The van der Waals surface area contributed by atoms with E-state index in [0.717, 1.165) is 36.3 Å². The zero-order valence-corrected chi connectivity index (χ0v) is 13.0. The van der Waals surface area contributed by atoms with Gasteiger partial charge in [0, 0.05) is 18.7 Å². The molecule has 0 heterocycles. The van der Waals surface area contributed by atoms with Crippen LogP contribution in [0.3, 0.4) is 0 Å². The molecule has 1 saturated carbocycles. The second kappa shape index (κ2) is 7.29. The predicted molar refractivity (Wildman–Crippen MR) is 88.7 cm³/mol. The summed E-state index contributed by atoms with van der Waals surface area (Å²) in [6.07, 6.45) is 3.94. The average molecular weight is 311 g/mol. The Hall–Kier alpha value is -2.33. The molecule has 23 heavy (non-hydrogen) atoms. The van der Waals surface area contributed by atoms with E-state index in [-0.39, 0.29) is 0 Å². The van der Waals surface area contributed by atoms with Crippen LogP contribution < -0.4 is 10.1 Å². The molecule has 4 nitrogen and oxygen atoms in total. The third kappa shape index (κ3) is 4.11. The van der Waals surface area contributed by atoms with Crippen LogP contribution >= 0.6 is 0 Å². The van der Waals surface area contributed by atoms with Crippen molar-refractivity contribution < 1.29 is 14.6 Å². The third-order valence-electron chi connectivity index (χ3n) is 4.16. The molecule has 1 aliphatic rings. The standard InChI is InChI=1S/C19H21NO3/c21-19(22)15-10-8-14(9-11-15)12-20-13-16-4-1-2-7-18(16)23-17-5-3-6-17/h1-2,4,7-11,17,20H,3,5-6,12-13H2,(H,21,22). The second-order valence-electron chi connectivity index (χ2n) is 5.88. The summed E-state index contributed by atoms with van der Waals surface area (Å²) >= 11 is 0. The molecular weight excluding hydrogens is 290 g/mol. The number of carbonyl (C=O) groups is 1. The maximum Gasteiger partial charge on any atom is 0.335 e. The number of benzene rings is 2. The molecule has 2 N–H and O–H groups in total. The Bertz CT molecular complexity index is 663. The van der Waals surface area contributed by atoms with Gasteiger partial charge in [-0.1, -0.05) is 30.3 Å². The minimum absolute atomic E-state index is 0.313. The Balaban J connectivity index is 1.54. The molecule has 0 amide bonds. The Morgan fingerprint density at radius 1 is 1.09 bits per heavy atom. The van der Waals surface area contributed by atoms with Gasteiger partial charge in [-0.15, -0.1) is 0 Å². The topological polar surface area (TPSA) is 58.6 Å². The zero-order chi connectivity index (χ0) is 16.1. The quantitative estimate of drug-likeness (QED) is 0.820. The monoisotopic (exact) mass is 311 g/mol. The maximum atomic E-state index is 10.8. The van der Waals surface area contributed by atoms with E-state index in [2.05, 4.69) is 11.4 Å². The van der Waals surface area contributed by atoms with Gasteiger partial charge in [-0.25, -0.2) is 4.79 Å². The highest BCUT2D eigenvalue weighted by molar-refractivity contribution is 5.87. The Labute approximate surface area is 136 Å². The summed E-state index contributed by atoms with van der Waals surface area (Å²) in [6, 6.07) is 15.1. The second-order valence-corrected chi connectivity index (χ2v) is 5.88. The highest BCUT2D eigenvalue weighted by atomic mass is 16.5. The van der Waals surface area contributed by atoms with Gasteiger partial charge < -0.3 is 15.2 Å². The van der Waals surface area contributed by atoms with Crippen molar-refractivity contribution in [2.45, 2.75) is 38.5 Å². The summed E-state index contributed by atoms with van der Waals surface area (Å²) in [5, 5.41) is 12.3. The van der Waals surface area contributed by atoms with E-state index >= 15 is 0 Å². The number of hydrogen-bond acceptors (Lipinski definition) is 3. The van der Waals surface area contributed by atoms with Crippen molar-refractivity contribution in [3.8, 4) is 5.75 Å². The summed E-state index contributed by atoms with van der Waals surface area (Å²) in [7, 11) is 0. The lowest BCUT2D eigenvalue weighted by molar-refractivity contribution is 0.0697. The molecule has 0 unspecified atom stereocenters. The van der Waals surface area contributed by atoms with E-state index in [0.29, 0.717) is 18.2 Å². The molecule has 0 spiro atoms. The minimum Gasteiger partial charge on any atom is -0.490 e. The highest BCUT2D eigenvalue weighted by Crippen LogP contribution is 2.27. The lowest BCUT2D eigenvalue weighted by Gasteiger charge is -2.27. The Morgan fingerprint density at radius 3 is 2.48 bits per heavy atom. The van der Waals surface area contributed by atoms with E-state index in [9.17, 15) is 4.79 Å². The summed E-state index contributed by atoms with van der Waals surface area (Å²) in [6.45, 7) is 1.42. The Morgan fingerprint density at radius 2 is 1.83 bits per heavy atom. The van der Waals surface area contributed by atoms with Gasteiger partial charge in [-0.05, 0) is 43.0 Å². The maximum absolute atomic E-state index is 10.8. The minimum atomic E-state index is -0.897. The van der Waals surface area contributed by atoms with Crippen LogP contribution in [0.1, 0.15) is 40.7 Å². The van der Waals surface area contributed by atoms with Gasteiger partial charge in [0.05, 0.1) is 11.7 Å². The lowest BCUT2D eigenvalue weighted by atomic mass is 9.96. The van der Waals surface area contributed by atoms with Crippen molar-refractivity contribution in [3.05, 3.63) is 65.2 Å². The molecule has 0 saturated heterocycles. The molecule has 120 valence electrons. The average Bonchev–Trinajstić information content (AvgIpc) is 2.52. The molecule has 3 rings (SSSR count). The number of aromatic carboxylic acids is 1. The molecule has 0 bridgehead atoms. The molecule has 0 aliphatic heterocycles. The first-order valence-corrected chi connectivity index (χ1v) is 8.00. The van der Waals surface area contributed by atoms with Crippen LogP contribution in [0, 0.1) is 0 Å². The van der Waals surface area contributed by atoms with Gasteiger partial charge in [0.1, 0.15) is 5.75 Å². The molecule has 4 heteroatoms. The molecule has 1 aliphatic carbocycles. The molecule has 0 radical (unpaired) electrons. The fourth-order valence-corrected chi connectivity index (χ4v) is 2.54. The number of carboxylic acids is 1. The van der Waals surface area contributed by atoms with E-state index in [4.69, 9.17) is 9.84 Å². The SMILES string of the molecule is O=C(O)c1ccc(CNCc2ccccc2OC2CCC2)cc1. The first kappa shape index (κ1) is 15.6. The summed E-state index contributed by atoms with van der Waals surface area (Å²) in [5.41, 5.74) is 2.53. The van der Waals surface area contributed by atoms with Crippen molar-refractivity contribution in [2.75, 3.05) is 0 Å². The smallest absolute Gasteiger partial charge is 0.335 e. The van der Waals surface area contributed by atoms with Crippen molar-refractivity contribution in [2.24, 2.45) is 0 Å². The summed E-state index contributed by atoms with van der Waals surface area (Å²) < 4.78 is 6.02. The molecule has 0 atom stereocenters. The molecule has 1 fully saturated rings. The van der Waals surface area contributed by atoms with Crippen LogP contribution in [-0.4, -0.2) is 17.2 Å². The summed E-state index contributed by atoms with van der Waals surface area (Å²) in [5.74, 6) is 0.0671. The van der Waals surface area contributed by atoms with Crippen molar-refractivity contribution in [3.63, 3.8) is 0 Å². The van der Waals surface area contributed by atoms with Crippen LogP contribution in [0.2, 0.25) is 0 Å². The van der Waals surface area contributed by atoms with Gasteiger partial charge in [0.2, 0.25) is 0 Å². The van der Waals surface area contributed by atoms with Gasteiger partial charge in [0.25, 0.3) is 0 Å². The highest BCUT2D eigenvalue weighted by Gasteiger charge is 2.19. The van der Waals surface area contributed by atoms with Gasteiger partial charge in [0.15, 0.2) is 0 Å². The van der Waals surface area contributed by atoms with E-state index < -0.39 is 5.97 Å². The Kier molecular flexibility index (Phi) is 4.93.